The van der Waals surface area contributed by atoms with Crippen LogP contribution in [-0.4, -0.2) is 10.8 Å². The van der Waals surface area contributed by atoms with Crippen LogP contribution in [0.5, 0.6) is 5.75 Å². The fraction of sp³-hybridized carbons (Fsp3) is 0.0588. The zero-order chi connectivity index (χ0) is 14.7. The van der Waals surface area contributed by atoms with Gasteiger partial charge in [0.2, 0.25) is 0 Å². The predicted octanol–water partition coefficient (Wildman–Crippen LogP) is 3.10. The van der Waals surface area contributed by atoms with E-state index in [1.165, 1.54) is 0 Å². The number of nitrogens with one attached hydrogen (secondary N) is 1. The Morgan fingerprint density at radius 1 is 1.10 bits per heavy atom. The molecule has 0 saturated carbocycles. The second kappa shape index (κ2) is 5.63. The van der Waals surface area contributed by atoms with E-state index in [0.717, 1.165) is 22.1 Å². The number of rotatable bonds is 4. The maximum Gasteiger partial charge on any atom is 0.141 e. The SMILES string of the molecule is N=C(N)c1cc(COc2cccc3ccccc23)ccn1. The third kappa shape index (κ3) is 2.84. The molecule has 1 aromatic heterocycles. The molecule has 3 rings (SSSR count). The summed E-state index contributed by atoms with van der Waals surface area (Å²) in [7, 11) is 0. The third-order valence-electron chi connectivity index (χ3n) is 3.24. The van der Waals surface area contributed by atoms with Crippen LogP contribution in [0.1, 0.15) is 11.3 Å². The smallest absolute Gasteiger partial charge is 0.141 e. The fourth-order valence-electron chi connectivity index (χ4n) is 2.19. The van der Waals surface area contributed by atoms with Gasteiger partial charge in [-0.2, -0.15) is 0 Å². The van der Waals surface area contributed by atoms with Gasteiger partial charge in [0.1, 0.15) is 23.9 Å². The Balaban J connectivity index is 1.84. The summed E-state index contributed by atoms with van der Waals surface area (Å²) in [6.45, 7) is 0.413. The van der Waals surface area contributed by atoms with Crippen molar-refractivity contribution in [2.24, 2.45) is 5.73 Å². The molecule has 0 amide bonds. The molecule has 0 aliphatic rings. The Kier molecular flexibility index (Phi) is 3.51. The van der Waals surface area contributed by atoms with E-state index in [2.05, 4.69) is 17.1 Å². The van der Waals surface area contributed by atoms with E-state index in [1.807, 2.05) is 36.4 Å². The number of fused-ring (bicyclic) bond motifs is 1. The molecule has 0 aliphatic carbocycles. The summed E-state index contributed by atoms with van der Waals surface area (Å²) in [5, 5.41) is 9.64. The van der Waals surface area contributed by atoms with Crippen molar-refractivity contribution in [3.63, 3.8) is 0 Å². The van der Waals surface area contributed by atoms with Crippen LogP contribution in [0.25, 0.3) is 10.8 Å². The maximum atomic E-state index is 7.41. The standard InChI is InChI=1S/C17H15N3O/c18-17(19)15-10-12(8-9-20-15)11-21-16-7-3-5-13-4-1-2-6-14(13)16/h1-10H,11H2,(H3,18,19). The molecular formula is C17H15N3O. The first-order valence-corrected chi connectivity index (χ1v) is 6.64. The molecule has 0 unspecified atom stereocenters. The van der Waals surface area contributed by atoms with E-state index in [4.69, 9.17) is 15.9 Å². The average Bonchev–Trinajstić information content (AvgIpc) is 2.53. The Morgan fingerprint density at radius 2 is 1.90 bits per heavy atom. The van der Waals surface area contributed by atoms with Crippen molar-refractivity contribution in [3.8, 4) is 5.75 Å². The van der Waals surface area contributed by atoms with Crippen LogP contribution in [0.15, 0.2) is 60.8 Å². The van der Waals surface area contributed by atoms with E-state index in [1.54, 1.807) is 12.3 Å². The molecule has 0 saturated heterocycles. The second-order valence-electron chi connectivity index (χ2n) is 4.73. The molecule has 0 fully saturated rings. The lowest BCUT2D eigenvalue weighted by Crippen LogP contribution is -2.13. The molecule has 4 heteroatoms. The van der Waals surface area contributed by atoms with E-state index in [9.17, 15) is 0 Å². The molecule has 3 N–H and O–H groups in total. The predicted molar refractivity (Wildman–Crippen MR) is 83.5 cm³/mol. The molecule has 2 aromatic carbocycles. The fourth-order valence-corrected chi connectivity index (χ4v) is 2.19. The molecule has 3 aromatic rings. The summed E-state index contributed by atoms with van der Waals surface area (Å²) in [6, 6.07) is 17.7. The lowest BCUT2D eigenvalue weighted by molar-refractivity contribution is 0.310. The molecule has 0 aliphatic heterocycles. The van der Waals surface area contributed by atoms with Crippen LogP contribution in [0.4, 0.5) is 0 Å². The molecule has 0 spiro atoms. The number of pyridine rings is 1. The van der Waals surface area contributed by atoms with Gasteiger partial charge in [-0.3, -0.25) is 10.4 Å². The van der Waals surface area contributed by atoms with Gasteiger partial charge in [-0.25, -0.2) is 0 Å². The topological polar surface area (TPSA) is 72.0 Å². The van der Waals surface area contributed by atoms with Crippen molar-refractivity contribution in [2.45, 2.75) is 6.61 Å². The summed E-state index contributed by atoms with van der Waals surface area (Å²) in [5.41, 5.74) is 6.84. The first-order valence-electron chi connectivity index (χ1n) is 6.64. The van der Waals surface area contributed by atoms with Crippen molar-refractivity contribution >= 4 is 16.6 Å². The second-order valence-corrected chi connectivity index (χ2v) is 4.73. The van der Waals surface area contributed by atoms with Gasteiger partial charge in [-0.15, -0.1) is 0 Å². The third-order valence-corrected chi connectivity index (χ3v) is 3.24. The number of hydrogen-bond acceptors (Lipinski definition) is 3. The number of ether oxygens (including phenoxy) is 1. The molecule has 4 nitrogen and oxygen atoms in total. The van der Waals surface area contributed by atoms with Crippen LogP contribution in [0.2, 0.25) is 0 Å². The van der Waals surface area contributed by atoms with E-state index >= 15 is 0 Å². The van der Waals surface area contributed by atoms with Gasteiger partial charge in [0, 0.05) is 11.6 Å². The highest BCUT2D eigenvalue weighted by molar-refractivity contribution is 5.93. The lowest BCUT2D eigenvalue weighted by Gasteiger charge is -2.10. The van der Waals surface area contributed by atoms with E-state index in [0.29, 0.717) is 12.3 Å². The van der Waals surface area contributed by atoms with Gasteiger partial charge in [0.05, 0.1) is 0 Å². The Hall–Kier alpha value is -2.88. The van der Waals surface area contributed by atoms with Gasteiger partial charge in [-0.1, -0.05) is 36.4 Å². The number of aromatic nitrogens is 1. The van der Waals surface area contributed by atoms with Crippen molar-refractivity contribution < 1.29 is 4.74 Å². The number of nitrogen functional groups attached to an aromatic ring is 1. The van der Waals surface area contributed by atoms with E-state index < -0.39 is 0 Å². The molecule has 21 heavy (non-hydrogen) atoms. The first-order chi connectivity index (χ1) is 10.2. The monoisotopic (exact) mass is 277 g/mol. The van der Waals surface area contributed by atoms with E-state index in [-0.39, 0.29) is 5.84 Å². The first kappa shape index (κ1) is 13.1. The van der Waals surface area contributed by atoms with Gasteiger partial charge >= 0.3 is 0 Å². The summed E-state index contributed by atoms with van der Waals surface area (Å²) in [6.07, 6.45) is 1.64. The molecule has 0 radical (unpaired) electrons. The van der Waals surface area contributed by atoms with Gasteiger partial charge < -0.3 is 10.5 Å². The van der Waals surface area contributed by atoms with Crippen molar-refractivity contribution in [1.29, 1.82) is 5.41 Å². The zero-order valence-corrected chi connectivity index (χ0v) is 11.4. The Morgan fingerprint density at radius 3 is 2.76 bits per heavy atom. The minimum Gasteiger partial charge on any atom is -0.488 e. The zero-order valence-electron chi connectivity index (χ0n) is 11.4. The van der Waals surface area contributed by atoms with Crippen molar-refractivity contribution in [3.05, 3.63) is 72.1 Å². The van der Waals surface area contributed by atoms with Crippen molar-refractivity contribution in [2.75, 3.05) is 0 Å². The van der Waals surface area contributed by atoms with Gasteiger partial charge in [0.15, 0.2) is 0 Å². The van der Waals surface area contributed by atoms with Gasteiger partial charge in [-0.05, 0) is 29.1 Å². The van der Waals surface area contributed by atoms with Crippen LogP contribution in [0, 0.1) is 5.41 Å². The minimum absolute atomic E-state index is 0.0398. The lowest BCUT2D eigenvalue weighted by atomic mass is 10.1. The molecule has 1 heterocycles. The summed E-state index contributed by atoms with van der Waals surface area (Å²) in [4.78, 5) is 4.04. The average molecular weight is 277 g/mol. The van der Waals surface area contributed by atoms with Crippen LogP contribution in [-0.2, 0) is 6.61 Å². The number of amidine groups is 1. The Labute approximate surface area is 122 Å². The highest BCUT2D eigenvalue weighted by atomic mass is 16.5. The summed E-state index contributed by atoms with van der Waals surface area (Å²) < 4.78 is 5.90. The molecular weight excluding hydrogens is 262 g/mol. The maximum absolute atomic E-state index is 7.41. The van der Waals surface area contributed by atoms with Crippen LogP contribution in [0.3, 0.4) is 0 Å². The molecule has 0 atom stereocenters. The largest absolute Gasteiger partial charge is 0.488 e. The summed E-state index contributed by atoms with van der Waals surface area (Å²) in [5.74, 6) is 0.802. The summed E-state index contributed by atoms with van der Waals surface area (Å²) >= 11 is 0. The van der Waals surface area contributed by atoms with Crippen LogP contribution >= 0.6 is 0 Å². The quantitative estimate of drug-likeness (QED) is 0.568. The van der Waals surface area contributed by atoms with Crippen molar-refractivity contribution in [1.82, 2.24) is 4.98 Å². The van der Waals surface area contributed by atoms with Crippen LogP contribution < -0.4 is 10.5 Å². The number of nitrogens with zero attached hydrogens (tertiary/aromatic N) is 1. The highest BCUT2D eigenvalue weighted by Gasteiger charge is 2.04. The molecule has 104 valence electrons. The highest BCUT2D eigenvalue weighted by Crippen LogP contribution is 2.25. The molecule has 0 bridgehead atoms. The minimum atomic E-state index is -0.0398. The Bertz CT molecular complexity index is 793. The van der Waals surface area contributed by atoms with Gasteiger partial charge in [0.25, 0.3) is 0 Å². The number of nitrogens with two attached hydrogens (primary N) is 1. The number of benzene rings is 2. The normalized spacial score (nSPS) is 10.5. The number of hydrogen-bond donors (Lipinski definition) is 2.